The van der Waals surface area contributed by atoms with Gasteiger partial charge >= 0.3 is 0 Å². The van der Waals surface area contributed by atoms with Crippen molar-refractivity contribution in [2.45, 2.75) is 31.4 Å². The van der Waals surface area contributed by atoms with Crippen molar-refractivity contribution in [2.24, 2.45) is 0 Å². The van der Waals surface area contributed by atoms with Crippen molar-refractivity contribution in [1.82, 2.24) is 10.6 Å². The van der Waals surface area contributed by atoms with Crippen molar-refractivity contribution < 1.29 is 14.6 Å². The Labute approximate surface area is 118 Å². The van der Waals surface area contributed by atoms with Gasteiger partial charge in [-0.1, -0.05) is 12.5 Å². The van der Waals surface area contributed by atoms with Crippen LogP contribution in [0.3, 0.4) is 0 Å². The molecule has 2 atom stereocenters. The van der Waals surface area contributed by atoms with Crippen molar-refractivity contribution >= 4 is 5.91 Å². The second-order valence-corrected chi connectivity index (χ2v) is 5.36. The van der Waals surface area contributed by atoms with Gasteiger partial charge in [0.1, 0.15) is 12.4 Å². The number of hydrogen-bond acceptors (Lipinski definition) is 4. The fraction of sp³-hybridized carbons (Fsp3) is 0.533. The minimum absolute atomic E-state index is 0.0663. The molecule has 2 unspecified atom stereocenters. The van der Waals surface area contributed by atoms with E-state index in [1.807, 2.05) is 6.07 Å². The van der Waals surface area contributed by atoms with E-state index in [1.165, 1.54) is 0 Å². The molecule has 0 bridgehead atoms. The van der Waals surface area contributed by atoms with Gasteiger partial charge in [-0.2, -0.15) is 0 Å². The number of aliphatic hydroxyl groups excluding tert-OH is 1. The Bertz CT molecular complexity index is 498. The van der Waals surface area contributed by atoms with Gasteiger partial charge in [0.25, 0.3) is 5.91 Å². The summed E-state index contributed by atoms with van der Waals surface area (Å²) in [5.74, 6) is 0.454. The summed E-state index contributed by atoms with van der Waals surface area (Å²) in [6, 6.07) is 5.44. The van der Waals surface area contributed by atoms with E-state index < -0.39 is 6.10 Å². The van der Waals surface area contributed by atoms with Crippen LogP contribution in [-0.4, -0.2) is 36.8 Å². The fourth-order valence-electron chi connectivity index (χ4n) is 2.84. The van der Waals surface area contributed by atoms with Gasteiger partial charge < -0.3 is 20.5 Å². The molecule has 5 heteroatoms. The van der Waals surface area contributed by atoms with Gasteiger partial charge in [0.05, 0.1) is 18.2 Å². The minimum atomic E-state index is -0.586. The van der Waals surface area contributed by atoms with Crippen molar-refractivity contribution in [3.05, 3.63) is 29.3 Å². The van der Waals surface area contributed by atoms with Gasteiger partial charge in [-0.25, -0.2) is 0 Å². The molecule has 1 fully saturated rings. The first-order chi connectivity index (χ1) is 9.75. The van der Waals surface area contributed by atoms with Crippen LogP contribution < -0.4 is 15.4 Å². The summed E-state index contributed by atoms with van der Waals surface area (Å²) in [4.78, 5) is 12.0. The number of carbonyl (C=O) groups excluding carboxylic acids is 1. The Hall–Kier alpha value is -1.59. The highest BCUT2D eigenvalue weighted by molar-refractivity contribution is 5.97. The lowest BCUT2D eigenvalue weighted by molar-refractivity contribution is 0.0955. The highest BCUT2D eigenvalue weighted by Crippen LogP contribution is 2.28. The molecule has 20 heavy (non-hydrogen) atoms. The first kappa shape index (κ1) is 13.4. The highest BCUT2D eigenvalue weighted by atomic mass is 16.5. The second kappa shape index (κ2) is 5.81. The van der Waals surface area contributed by atoms with Crippen LogP contribution in [-0.2, 0) is 0 Å². The molecule has 0 aromatic heterocycles. The maximum atomic E-state index is 12.0. The van der Waals surface area contributed by atoms with Gasteiger partial charge in [0.15, 0.2) is 0 Å². The molecule has 0 saturated carbocycles. The van der Waals surface area contributed by atoms with Crippen molar-refractivity contribution in [2.75, 3.05) is 19.7 Å². The zero-order chi connectivity index (χ0) is 13.9. The van der Waals surface area contributed by atoms with Crippen LogP contribution in [0.2, 0.25) is 0 Å². The zero-order valence-corrected chi connectivity index (χ0v) is 11.4. The van der Waals surface area contributed by atoms with E-state index in [1.54, 1.807) is 12.1 Å². The van der Waals surface area contributed by atoms with Crippen molar-refractivity contribution in [3.8, 4) is 5.75 Å². The summed E-state index contributed by atoms with van der Waals surface area (Å²) < 4.78 is 5.52. The van der Waals surface area contributed by atoms with E-state index in [0.717, 1.165) is 31.4 Å². The second-order valence-electron chi connectivity index (χ2n) is 5.36. The molecule has 1 amide bonds. The number of ether oxygens (including phenoxy) is 1. The summed E-state index contributed by atoms with van der Waals surface area (Å²) in [6.07, 6.45) is 2.66. The van der Waals surface area contributed by atoms with Crippen molar-refractivity contribution in [1.29, 1.82) is 0 Å². The number of rotatable bonds is 2. The molecule has 108 valence electrons. The third-order valence-corrected chi connectivity index (χ3v) is 3.96. The number of fused-ring (bicyclic) bond motifs is 1. The molecule has 0 radical (unpaired) electrons. The Morgan fingerprint density at radius 1 is 1.30 bits per heavy atom. The molecule has 5 nitrogen and oxygen atoms in total. The maximum Gasteiger partial charge on any atom is 0.255 e. The molecular weight excluding hydrogens is 256 g/mol. The first-order valence-electron chi connectivity index (χ1n) is 7.22. The fourth-order valence-corrected chi connectivity index (χ4v) is 2.84. The monoisotopic (exact) mass is 276 g/mol. The number of amides is 1. The van der Waals surface area contributed by atoms with Gasteiger partial charge in [-0.15, -0.1) is 0 Å². The van der Waals surface area contributed by atoms with E-state index >= 15 is 0 Å². The number of hydrogen-bond donors (Lipinski definition) is 3. The molecule has 0 spiro atoms. The number of piperidine rings is 1. The smallest absolute Gasteiger partial charge is 0.255 e. The van der Waals surface area contributed by atoms with Crippen LogP contribution >= 0.6 is 0 Å². The van der Waals surface area contributed by atoms with Gasteiger partial charge in [-0.3, -0.25) is 4.79 Å². The van der Waals surface area contributed by atoms with E-state index in [9.17, 15) is 9.90 Å². The number of aliphatic hydroxyl groups is 1. The normalized spacial score (nSPS) is 24.1. The largest absolute Gasteiger partial charge is 0.491 e. The van der Waals surface area contributed by atoms with Crippen LogP contribution in [0.5, 0.6) is 5.75 Å². The Morgan fingerprint density at radius 3 is 3.00 bits per heavy atom. The van der Waals surface area contributed by atoms with Crippen LogP contribution in [0.15, 0.2) is 18.2 Å². The average Bonchev–Trinajstić information content (AvgIpc) is 2.69. The minimum Gasteiger partial charge on any atom is -0.491 e. The van der Waals surface area contributed by atoms with Gasteiger partial charge in [0.2, 0.25) is 0 Å². The van der Waals surface area contributed by atoms with E-state index in [-0.39, 0.29) is 11.9 Å². The molecule has 2 aliphatic rings. The summed E-state index contributed by atoms with van der Waals surface area (Å²) in [6.45, 7) is 1.93. The quantitative estimate of drug-likeness (QED) is 0.753. The van der Waals surface area contributed by atoms with Crippen LogP contribution in [0.25, 0.3) is 0 Å². The zero-order valence-electron chi connectivity index (χ0n) is 11.4. The number of nitrogens with one attached hydrogen (secondary N) is 2. The molecule has 3 N–H and O–H groups in total. The lowest BCUT2D eigenvalue weighted by Crippen LogP contribution is -2.38. The molecule has 2 aliphatic heterocycles. The number of carbonyl (C=O) groups is 1. The molecule has 0 aliphatic carbocycles. The van der Waals surface area contributed by atoms with Crippen molar-refractivity contribution in [3.63, 3.8) is 0 Å². The van der Waals surface area contributed by atoms with E-state index in [4.69, 9.17) is 4.74 Å². The third-order valence-electron chi connectivity index (χ3n) is 3.96. The van der Waals surface area contributed by atoms with E-state index in [2.05, 4.69) is 10.6 Å². The van der Waals surface area contributed by atoms with Crippen LogP contribution in [0.1, 0.15) is 41.3 Å². The van der Waals surface area contributed by atoms with E-state index in [0.29, 0.717) is 24.5 Å². The van der Waals surface area contributed by atoms with Crippen LogP contribution in [0.4, 0.5) is 0 Å². The predicted molar refractivity (Wildman–Crippen MR) is 74.9 cm³/mol. The summed E-state index contributed by atoms with van der Waals surface area (Å²) in [5.41, 5.74) is 1.28. The Kier molecular flexibility index (Phi) is 3.89. The molecule has 2 heterocycles. The number of benzene rings is 1. The molecule has 1 aromatic carbocycles. The summed E-state index contributed by atoms with van der Waals surface area (Å²) in [5, 5.41) is 16.6. The molecular formula is C15H20N2O3. The highest BCUT2D eigenvalue weighted by Gasteiger charge is 2.25. The SMILES string of the molecule is O=C1NCCOc2ccc(C(O)C3CCCCN3)cc21. The summed E-state index contributed by atoms with van der Waals surface area (Å²) >= 11 is 0. The lowest BCUT2D eigenvalue weighted by Gasteiger charge is -2.28. The molecule has 1 aromatic rings. The summed E-state index contributed by atoms with van der Waals surface area (Å²) in [7, 11) is 0. The topological polar surface area (TPSA) is 70.6 Å². The molecule has 3 rings (SSSR count). The third kappa shape index (κ3) is 2.64. The maximum absolute atomic E-state index is 12.0. The lowest BCUT2D eigenvalue weighted by atomic mass is 9.93. The Morgan fingerprint density at radius 2 is 2.20 bits per heavy atom. The predicted octanol–water partition coefficient (Wildman–Crippen LogP) is 0.984. The van der Waals surface area contributed by atoms with Gasteiger partial charge in [0, 0.05) is 6.04 Å². The Balaban J connectivity index is 1.85. The van der Waals surface area contributed by atoms with Crippen LogP contribution in [0, 0.1) is 0 Å². The standard InChI is InChI=1S/C15H20N2O3/c18-14(12-3-1-2-6-16-12)10-4-5-13-11(9-10)15(19)17-7-8-20-13/h4-5,9,12,14,16,18H,1-3,6-8H2,(H,17,19). The first-order valence-corrected chi connectivity index (χ1v) is 7.22. The van der Waals surface area contributed by atoms with Gasteiger partial charge in [-0.05, 0) is 37.1 Å². The molecule has 1 saturated heterocycles. The average molecular weight is 276 g/mol.